The lowest BCUT2D eigenvalue weighted by Gasteiger charge is -2.00. The van der Waals surface area contributed by atoms with Gasteiger partial charge < -0.3 is 9.15 Å². The van der Waals surface area contributed by atoms with E-state index >= 15 is 0 Å². The first-order valence-corrected chi connectivity index (χ1v) is 6.17. The zero-order chi connectivity index (χ0) is 13.1. The van der Waals surface area contributed by atoms with Crippen LogP contribution in [0.15, 0.2) is 16.5 Å². The van der Waals surface area contributed by atoms with Gasteiger partial charge in [0.25, 0.3) is 0 Å². The standard InChI is InChI=1S/C13H14ClNO3/c1-3-4-9-8(7-12(16)17-2)13-10(18-9)5-6-11(14)15-13/h5-6H,3-4,7H2,1-2H3. The first-order chi connectivity index (χ1) is 8.65. The fourth-order valence-electron chi connectivity index (χ4n) is 1.88. The number of aromatic nitrogens is 1. The highest BCUT2D eigenvalue weighted by Crippen LogP contribution is 2.27. The van der Waals surface area contributed by atoms with Crippen molar-refractivity contribution in [3.63, 3.8) is 0 Å². The van der Waals surface area contributed by atoms with Crippen molar-refractivity contribution >= 4 is 28.7 Å². The normalized spacial score (nSPS) is 10.8. The van der Waals surface area contributed by atoms with Gasteiger partial charge in [-0.15, -0.1) is 0 Å². The van der Waals surface area contributed by atoms with Gasteiger partial charge in [0, 0.05) is 12.0 Å². The quantitative estimate of drug-likeness (QED) is 0.631. The van der Waals surface area contributed by atoms with E-state index in [2.05, 4.69) is 11.9 Å². The SMILES string of the molecule is CCCc1oc2ccc(Cl)nc2c1CC(=O)OC. The minimum Gasteiger partial charge on any atom is -0.469 e. The number of aryl methyl sites for hydroxylation is 1. The Morgan fingerprint density at radius 3 is 2.94 bits per heavy atom. The molecule has 0 fully saturated rings. The topological polar surface area (TPSA) is 52.3 Å². The number of methoxy groups -OCH3 is 1. The second kappa shape index (κ2) is 5.40. The molecule has 4 nitrogen and oxygen atoms in total. The van der Waals surface area contributed by atoms with Crippen LogP contribution in [-0.4, -0.2) is 18.1 Å². The van der Waals surface area contributed by atoms with Crippen molar-refractivity contribution < 1.29 is 13.9 Å². The van der Waals surface area contributed by atoms with Gasteiger partial charge in [0.15, 0.2) is 5.58 Å². The van der Waals surface area contributed by atoms with E-state index in [0.29, 0.717) is 16.3 Å². The van der Waals surface area contributed by atoms with E-state index in [4.69, 9.17) is 20.8 Å². The largest absolute Gasteiger partial charge is 0.469 e. The number of rotatable bonds is 4. The maximum absolute atomic E-state index is 11.4. The van der Waals surface area contributed by atoms with Gasteiger partial charge in [0.2, 0.25) is 0 Å². The molecule has 0 spiro atoms. The van der Waals surface area contributed by atoms with Crippen LogP contribution in [0, 0.1) is 0 Å². The Bertz CT molecular complexity index is 577. The van der Waals surface area contributed by atoms with E-state index in [9.17, 15) is 4.79 Å². The lowest BCUT2D eigenvalue weighted by molar-refractivity contribution is -0.139. The van der Waals surface area contributed by atoms with Gasteiger partial charge in [-0.05, 0) is 18.6 Å². The van der Waals surface area contributed by atoms with Crippen molar-refractivity contribution in [2.75, 3.05) is 7.11 Å². The second-order valence-corrected chi connectivity index (χ2v) is 4.37. The average molecular weight is 268 g/mol. The lowest BCUT2D eigenvalue weighted by atomic mass is 10.1. The molecule has 2 rings (SSSR count). The van der Waals surface area contributed by atoms with E-state index < -0.39 is 0 Å². The average Bonchev–Trinajstić information content (AvgIpc) is 2.68. The minimum atomic E-state index is -0.308. The molecule has 0 saturated carbocycles. The maximum atomic E-state index is 11.4. The molecule has 0 aliphatic heterocycles. The summed E-state index contributed by atoms with van der Waals surface area (Å²) in [4.78, 5) is 15.7. The van der Waals surface area contributed by atoms with Crippen LogP contribution in [0.3, 0.4) is 0 Å². The fraction of sp³-hybridized carbons (Fsp3) is 0.385. The molecular formula is C13H14ClNO3. The summed E-state index contributed by atoms with van der Waals surface area (Å²) < 4.78 is 10.4. The van der Waals surface area contributed by atoms with Gasteiger partial charge in [-0.25, -0.2) is 4.98 Å². The van der Waals surface area contributed by atoms with Crippen LogP contribution in [0.25, 0.3) is 11.1 Å². The van der Waals surface area contributed by atoms with Crippen molar-refractivity contribution in [1.29, 1.82) is 0 Å². The third-order valence-electron chi connectivity index (χ3n) is 2.71. The Kier molecular flexibility index (Phi) is 3.87. The number of carbonyl (C=O) groups excluding carboxylic acids is 1. The molecule has 18 heavy (non-hydrogen) atoms. The van der Waals surface area contributed by atoms with Crippen LogP contribution in [0.1, 0.15) is 24.7 Å². The monoisotopic (exact) mass is 267 g/mol. The number of carbonyl (C=O) groups is 1. The van der Waals surface area contributed by atoms with Crippen molar-refractivity contribution in [2.45, 2.75) is 26.2 Å². The molecule has 0 bridgehead atoms. The number of pyridine rings is 1. The van der Waals surface area contributed by atoms with E-state index in [1.54, 1.807) is 12.1 Å². The fourth-order valence-corrected chi connectivity index (χ4v) is 2.02. The number of ether oxygens (including phenoxy) is 1. The zero-order valence-electron chi connectivity index (χ0n) is 10.3. The van der Waals surface area contributed by atoms with Crippen molar-refractivity contribution in [3.8, 4) is 0 Å². The van der Waals surface area contributed by atoms with Crippen molar-refractivity contribution in [1.82, 2.24) is 4.98 Å². The van der Waals surface area contributed by atoms with Crippen LogP contribution in [0.4, 0.5) is 0 Å². The Morgan fingerprint density at radius 1 is 1.50 bits per heavy atom. The molecule has 0 N–H and O–H groups in total. The molecule has 0 aliphatic rings. The summed E-state index contributed by atoms with van der Waals surface area (Å²) in [6, 6.07) is 3.44. The highest BCUT2D eigenvalue weighted by Gasteiger charge is 2.18. The molecule has 0 radical (unpaired) electrons. The molecule has 2 aromatic rings. The number of hydrogen-bond donors (Lipinski definition) is 0. The minimum absolute atomic E-state index is 0.159. The Balaban J connectivity index is 2.53. The van der Waals surface area contributed by atoms with Gasteiger partial charge in [0.1, 0.15) is 16.4 Å². The molecule has 0 aromatic carbocycles. The van der Waals surface area contributed by atoms with E-state index in [1.807, 2.05) is 0 Å². The van der Waals surface area contributed by atoms with Crippen molar-refractivity contribution in [2.24, 2.45) is 0 Å². The lowest BCUT2D eigenvalue weighted by Crippen LogP contribution is -2.06. The molecule has 0 amide bonds. The summed E-state index contributed by atoms with van der Waals surface area (Å²) in [5, 5.41) is 0.387. The zero-order valence-corrected chi connectivity index (χ0v) is 11.1. The number of fused-ring (bicyclic) bond motifs is 1. The van der Waals surface area contributed by atoms with Crippen LogP contribution in [0.5, 0.6) is 0 Å². The van der Waals surface area contributed by atoms with Gasteiger partial charge in [0.05, 0.1) is 13.5 Å². The smallest absolute Gasteiger partial charge is 0.310 e. The van der Waals surface area contributed by atoms with Gasteiger partial charge >= 0.3 is 5.97 Å². The summed E-state index contributed by atoms with van der Waals surface area (Å²) in [7, 11) is 1.37. The van der Waals surface area contributed by atoms with Crippen LogP contribution < -0.4 is 0 Å². The Labute approximate surface area is 110 Å². The van der Waals surface area contributed by atoms with E-state index in [0.717, 1.165) is 24.2 Å². The first kappa shape index (κ1) is 12.9. The molecule has 2 heterocycles. The van der Waals surface area contributed by atoms with E-state index in [-0.39, 0.29) is 12.4 Å². The van der Waals surface area contributed by atoms with Crippen molar-refractivity contribution in [3.05, 3.63) is 28.6 Å². The van der Waals surface area contributed by atoms with Gasteiger partial charge in [-0.1, -0.05) is 18.5 Å². The molecule has 0 unspecified atom stereocenters. The van der Waals surface area contributed by atoms with Gasteiger partial charge in [-0.3, -0.25) is 4.79 Å². The number of hydrogen-bond acceptors (Lipinski definition) is 4. The molecule has 0 atom stereocenters. The molecule has 96 valence electrons. The van der Waals surface area contributed by atoms with Gasteiger partial charge in [-0.2, -0.15) is 0 Å². The highest BCUT2D eigenvalue weighted by atomic mass is 35.5. The first-order valence-electron chi connectivity index (χ1n) is 5.79. The highest BCUT2D eigenvalue weighted by molar-refractivity contribution is 6.29. The number of nitrogens with zero attached hydrogens (tertiary/aromatic N) is 1. The third kappa shape index (κ3) is 2.48. The molecule has 0 aliphatic carbocycles. The maximum Gasteiger partial charge on any atom is 0.310 e. The molecule has 0 saturated heterocycles. The Hall–Kier alpha value is -1.55. The van der Waals surface area contributed by atoms with Crippen LogP contribution >= 0.6 is 11.6 Å². The summed E-state index contributed by atoms with van der Waals surface area (Å²) in [5.74, 6) is 0.476. The molecular weight excluding hydrogens is 254 g/mol. The number of furan rings is 1. The second-order valence-electron chi connectivity index (χ2n) is 3.99. The number of esters is 1. The number of halogens is 1. The predicted molar refractivity (Wildman–Crippen MR) is 68.7 cm³/mol. The summed E-state index contributed by atoms with van der Waals surface area (Å²) >= 11 is 5.88. The van der Waals surface area contributed by atoms with Crippen LogP contribution in [0.2, 0.25) is 5.15 Å². The summed E-state index contributed by atoms with van der Waals surface area (Å²) in [6.07, 6.45) is 1.86. The summed E-state index contributed by atoms with van der Waals surface area (Å²) in [6.45, 7) is 2.05. The van der Waals surface area contributed by atoms with E-state index in [1.165, 1.54) is 7.11 Å². The third-order valence-corrected chi connectivity index (χ3v) is 2.92. The summed E-state index contributed by atoms with van der Waals surface area (Å²) in [5.41, 5.74) is 2.08. The molecule has 5 heteroatoms. The predicted octanol–water partition coefficient (Wildman–Crippen LogP) is 3.15. The Morgan fingerprint density at radius 2 is 2.28 bits per heavy atom. The molecule has 2 aromatic heterocycles. The van der Waals surface area contributed by atoms with Crippen LogP contribution in [-0.2, 0) is 22.4 Å².